The van der Waals surface area contributed by atoms with Crippen molar-refractivity contribution >= 4 is 5.69 Å². The molecular weight excluding hydrogens is 233 g/mol. The Balaban J connectivity index is 2.13. The van der Waals surface area contributed by atoms with Crippen LogP contribution in [0.25, 0.3) is 0 Å². The third kappa shape index (κ3) is 2.45. The van der Waals surface area contributed by atoms with Crippen molar-refractivity contribution in [3.8, 4) is 5.75 Å². The van der Waals surface area contributed by atoms with E-state index in [0.717, 1.165) is 17.8 Å². The Morgan fingerprint density at radius 3 is 2.94 bits per heavy atom. The number of aryl methyl sites for hydroxylation is 2. The molecule has 18 heavy (non-hydrogen) atoms. The van der Waals surface area contributed by atoms with E-state index in [1.54, 1.807) is 16.8 Å². The van der Waals surface area contributed by atoms with Gasteiger partial charge >= 0.3 is 0 Å². The van der Waals surface area contributed by atoms with Gasteiger partial charge in [-0.15, -0.1) is 0 Å². The number of phenolic OH excluding ortho intramolecular Hbond substituents is 1. The monoisotopic (exact) mass is 249 g/mol. The molecule has 2 rings (SSSR count). The normalized spacial score (nSPS) is 10.6. The van der Waals surface area contributed by atoms with E-state index in [1.165, 1.54) is 6.07 Å². The van der Waals surface area contributed by atoms with Gasteiger partial charge in [0.2, 0.25) is 0 Å². The number of nitrogens with one attached hydrogen (secondary N) is 1. The summed E-state index contributed by atoms with van der Waals surface area (Å²) < 4.78 is 14.9. The zero-order chi connectivity index (χ0) is 13.1. The average Bonchev–Trinajstić information content (AvgIpc) is 2.71. The number of anilines is 1. The van der Waals surface area contributed by atoms with Gasteiger partial charge in [-0.3, -0.25) is 4.68 Å². The third-order valence-corrected chi connectivity index (χ3v) is 2.78. The number of aromatic nitrogens is 2. The summed E-state index contributed by atoms with van der Waals surface area (Å²) in [7, 11) is 1.85. The molecule has 4 nitrogen and oxygen atoms in total. The number of hydrogen-bond acceptors (Lipinski definition) is 3. The van der Waals surface area contributed by atoms with Crippen LogP contribution in [0, 0.1) is 5.82 Å². The van der Waals surface area contributed by atoms with Crippen molar-refractivity contribution in [3.05, 3.63) is 41.5 Å². The van der Waals surface area contributed by atoms with Gasteiger partial charge in [0, 0.05) is 25.4 Å². The first-order valence-electron chi connectivity index (χ1n) is 5.84. The van der Waals surface area contributed by atoms with Gasteiger partial charge in [0.05, 0.1) is 11.4 Å². The fraction of sp³-hybridized carbons (Fsp3) is 0.308. The van der Waals surface area contributed by atoms with Crippen molar-refractivity contribution in [1.82, 2.24) is 9.78 Å². The van der Waals surface area contributed by atoms with Crippen molar-refractivity contribution in [2.24, 2.45) is 7.05 Å². The van der Waals surface area contributed by atoms with E-state index in [-0.39, 0.29) is 5.75 Å². The Labute approximate surface area is 105 Å². The molecule has 0 amide bonds. The van der Waals surface area contributed by atoms with E-state index in [2.05, 4.69) is 10.4 Å². The van der Waals surface area contributed by atoms with Crippen molar-refractivity contribution in [1.29, 1.82) is 0 Å². The van der Waals surface area contributed by atoms with Gasteiger partial charge in [0.25, 0.3) is 0 Å². The fourth-order valence-electron chi connectivity index (χ4n) is 1.84. The number of nitrogens with zero attached hydrogens (tertiary/aromatic N) is 2. The highest BCUT2D eigenvalue weighted by Gasteiger charge is 2.09. The summed E-state index contributed by atoms with van der Waals surface area (Å²) in [4.78, 5) is 0. The SMILES string of the molecule is CCc1nn(C)cc1NCc1cccc(F)c1O. The highest BCUT2D eigenvalue weighted by Crippen LogP contribution is 2.22. The number of rotatable bonds is 4. The third-order valence-electron chi connectivity index (χ3n) is 2.78. The van der Waals surface area contributed by atoms with Gasteiger partial charge in [-0.05, 0) is 12.5 Å². The Kier molecular flexibility index (Phi) is 3.50. The van der Waals surface area contributed by atoms with Crippen LogP contribution in [-0.4, -0.2) is 14.9 Å². The molecule has 1 aromatic heterocycles. The van der Waals surface area contributed by atoms with Crippen LogP contribution in [0.4, 0.5) is 10.1 Å². The van der Waals surface area contributed by atoms with Gasteiger partial charge in [0.1, 0.15) is 0 Å². The molecule has 5 heteroatoms. The molecule has 1 aromatic carbocycles. The zero-order valence-corrected chi connectivity index (χ0v) is 10.4. The van der Waals surface area contributed by atoms with Crippen LogP contribution in [0.1, 0.15) is 18.2 Å². The van der Waals surface area contributed by atoms with Crippen LogP contribution in [0.15, 0.2) is 24.4 Å². The van der Waals surface area contributed by atoms with E-state index in [1.807, 2.05) is 20.2 Å². The molecular formula is C13H16FN3O. The summed E-state index contributed by atoms with van der Waals surface area (Å²) >= 11 is 0. The lowest BCUT2D eigenvalue weighted by molar-refractivity contribution is 0.427. The van der Waals surface area contributed by atoms with Crippen LogP contribution in [0.5, 0.6) is 5.75 Å². The maximum absolute atomic E-state index is 13.2. The molecule has 96 valence electrons. The summed E-state index contributed by atoms with van der Waals surface area (Å²) in [6.07, 6.45) is 2.69. The summed E-state index contributed by atoms with van der Waals surface area (Å²) in [5, 5.41) is 17.0. The first-order valence-corrected chi connectivity index (χ1v) is 5.84. The number of aromatic hydroxyl groups is 1. The smallest absolute Gasteiger partial charge is 0.165 e. The molecule has 0 radical (unpaired) electrons. The maximum atomic E-state index is 13.2. The number of halogens is 1. The second kappa shape index (κ2) is 5.08. The van der Waals surface area contributed by atoms with E-state index in [9.17, 15) is 9.50 Å². The standard InChI is InChI=1S/C13H16FN3O/c1-3-11-12(8-17(2)16-11)15-7-9-5-4-6-10(14)13(9)18/h4-6,8,15,18H,3,7H2,1-2H3. The Bertz CT molecular complexity index is 551. The largest absolute Gasteiger partial charge is 0.505 e. The minimum Gasteiger partial charge on any atom is -0.505 e. The van der Waals surface area contributed by atoms with E-state index in [4.69, 9.17) is 0 Å². The maximum Gasteiger partial charge on any atom is 0.165 e. The molecule has 0 unspecified atom stereocenters. The molecule has 0 bridgehead atoms. The molecule has 0 aliphatic carbocycles. The highest BCUT2D eigenvalue weighted by molar-refractivity contribution is 5.48. The number of benzene rings is 1. The Morgan fingerprint density at radius 1 is 1.44 bits per heavy atom. The van der Waals surface area contributed by atoms with Crippen LogP contribution < -0.4 is 5.32 Å². The molecule has 0 saturated heterocycles. The summed E-state index contributed by atoms with van der Waals surface area (Å²) in [6, 6.07) is 4.50. The highest BCUT2D eigenvalue weighted by atomic mass is 19.1. The number of para-hydroxylation sites is 1. The van der Waals surface area contributed by atoms with Gasteiger partial charge in [-0.25, -0.2) is 4.39 Å². The number of phenols is 1. The van der Waals surface area contributed by atoms with Gasteiger partial charge in [-0.1, -0.05) is 19.1 Å². The molecule has 0 fully saturated rings. The molecule has 1 heterocycles. The number of hydrogen-bond donors (Lipinski definition) is 2. The van der Waals surface area contributed by atoms with Gasteiger partial charge in [-0.2, -0.15) is 5.10 Å². The van der Waals surface area contributed by atoms with Crippen LogP contribution >= 0.6 is 0 Å². The summed E-state index contributed by atoms with van der Waals surface area (Å²) in [5.74, 6) is -0.900. The van der Waals surface area contributed by atoms with Crippen molar-refractivity contribution in [2.75, 3.05) is 5.32 Å². The zero-order valence-electron chi connectivity index (χ0n) is 10.4. The molecule has 0 aliphatic rings. The first-order chi connectivity index (χ1) is 8.61. The van der Waals surface area contributed by atoms with Crippen molar-refractivity contribution in [2.45, 2.75) is 19.9 Å². The fourth-order valence-corrected chi connectivity index (χ4v) is 1.84. The lowest BCUT2D eigenvalue weighted by atomic mass is 10.2. The topological polar surface area (TPSA) is 50.1 Å². The lowest BCUT2D eigenvalue weighted by Crippen LogP contribution is -2.01. The van der Waals surface area contributed by atoms with Crippen LogP contribution in [0.2, 0.25) is 0 Å². The Hall–Kier alpha value is -2.04. The Morgan fingerprint density at radius 2 is 2.22 bits per heavy atom. The van der Waals surface area contributed by atoms with Crippen LogP contribution in [0.3, 0.4) is 0 Å². The molecule has 0 saturated carbocycles. The van der Waals surface area contributed by atoms with Gasteiger partial charge < -0.3 is 10.4 Å². The molecule has 2 N–H and O–H groups in total. The minimum absolute atomic E-state index is 0.299. The van der Waals surface area contributed by atoms with E-state index < -0.39 is 5.82 Å². The molecule has 2 aromatic rings. The predicted octanol–water partition coefficient (Wildman–Crippen LogP) is 2.44. The lowest BCUT2D eigenvalue weighted by Gasteiger charge is -2.07. The quantitative estimate of drug-likeness (QED) is 0.875. The second-order valence-electron chi connectivity index (χ2n) is 4.12. The average molecular weight is 249 g/mol. The van der Waals surface area contributed by atoms with E-state index in [0.29, 0.717) is 12.1 Å². The van der Waals surface area contributed by atoms with E-state index >= 15 is 0 Å². The second-order valence-corrected chi connectivity index (χ2v) is 4.12. The van der Waals surface area contributed by atoms with Crippen molar-refractivity contribution < 1.29 is 9.50 Å². The van der Waals surface area contributed by atoms with Crippen molar-refractivity contribution in [3.63, 3.8) is 0 Å². The van der Waals surface area contributed by atoms with Crippen LogP contribution in [-0.2, 0) is 20.0 Å². The summed E-state index contributed by atoms with van der Waals surface area (Å²) in [5.41, 5.74) is 2.39. The summed E-state index contributed by atoms with van der Waals surface area (Å²) in [6.45, 7) is 2.38. The molecule has 0 atom stereocenters. The minimum atomic E-state index is -0.601. The molecule has 0 aliphatic heterocycles. The molecule has 0 spiro atoms. The predicted molar refractivity (Wildman–Crippen MR) is 68.0 cm³/mol. The van der Waals surface area contributed by atoms with Gasteiger partial charge in [0.15, 0.2) is 11.6 Å². The first kappa shape index (κ1) is 12.4.